The molecule has 0 saturated carbocycles. The van der Waals surface area contributed by atoms with E-state index in [2.05, 4.69) is 26.3 Å². The van der Waals surface area contributed by atoms with Gasteiger partial charge in [0.25, 0.3) is 5.56 Å². The Morgan fingerprint density at radius 1 is 0.755 bits per heavy atom. The van der Waals surface area contributed by atoms with Crippen LogP contribution in [0, 0.1) is 0 Å². The summed E-state index contributed by atoms with van der Waals surface area (Å²) in [6, 6.07) is 19.1. The summed E-state index contributed by atoms with van der Waals surface area (Å²) in [6.07, 6.45) is 4.33. The topological polar surface area (TPSA) is 148 Å². The summed E-state index contributed by atoms with van der Waals surface area (Å²) in [7, 11) is 3.07. The lowest BCUT2D eigenvalue weighted by atomic mass is 9.97. The first-order chi connectivity index (χ1) is 25.7. The molecule has 2 aliphatic heterocycles. The van der Waals surface area contributed by atoms with E-state index in [-0.39, 0.29) is 41.9 Å². The second-order valence-electron chi connectivity index (χ2n) is 13.1. The SMILES string of the molecule is COc1nc(-c2cccc(-c3cccc(-c4ccn5c(=O)c(CNC[C@H]6CCC(=O)N6)c(OC)nc5c4)c3Cl)c2Cl)ccc1CNC[C@H]1CCC(=O)N1. The van der Waals surface area contributed by atoms with Gasteiger partial charge in [-0.1, -0.05) is 65.7 Å². The van der Waals surface area contributed by atoms with Gasteiger partial charge < -0.3 is 30.7 Å². The van der Waals surface area contributed by atoms with E-state index in [0.29, 0.717) is 65.3 Å². The van der Waals surface area contributed by atoms with E-state index in [1.54, 1.807) is 19.4 Å². The van der Waals surface area contributed by atoms with Gasteiger partial charge in [-0.05, 0) is 36.6 Å². The van der Waals surface area contributed by atoms with Crippen LogP contribution in [0.4, 0.5) is 0 Å². The number of hydrogen-bond acceptors (Lipinski definition) is 9. The molecule has 2 amide bonds. The highest BCUT2D eigenvalue weighted by Crippen LogP contribution is 2.42. The summed E-state index contributed by atoms with van der Waals surface area (Å²) in [4.78, 5) is 46.1. The molecule has 3 aromatic heterocycles. The molecule has 2 saturated heterocycles. The molecule has 0 aliphatic carbocycles. The number of amides is 2. The average molecular weight is 757 g/mol. The van der Waals surface area contributed by atoms with E-state index in [4.69, 9.17) is 37.7 Å². The van der Waals surface area contributed by atoms with Crippen molar-refractivity contribution in [3.63, 3.8) is 0 Å². The highest BCUT2D eigenvalue weighted by atomic mass is 35.5. The molecule has 4 N–H and O–H groups in total. The van der Waals surface area contributed by atoms with Crippen LogP contribution in [0.3, 0.4) is 0 Å². The second kappa shape index (κ2) is 15.9. The van der Waals surface area contributed by atoms with Crippen LogP contribution in [0.2, 0.25) is 10.0 Å². The van der Waals surface area contributed by atoms with Crippen molar-refractivity contribution < 1.29 is 19.1 Å². The number of carbonyl (C=O) groups is 2. The van der Waals surface area contributed by atoms with Crippen LogP contribution in [0.5, 0.6) is 11.8 Å². The standard InChI is InChI=1S/C39H39Cl2N7O5/c1-52-37-23(18-42-19-24-10-13-33(49)44-24)9-12-31(46-37)29-8-4-7-28(36(29)41)27-6-3-5-26(35(27)40)22-15-16-48-32(17-22)47-38(53-2)30(39(48)51)21-43-20-25-11-14-34(50)45-25/h3-9,12,15-17,24-25,42-43H,10-11,13-14,18-21H2,1-2H3,(H,44,49)(H,45,50)/t24-,25-/m1/s1. The minimum atomic E-state index is -0.251. The molecule has 7 rings (SSSR count). The Balaban J connectivity index is 1.13. The zero-order valence-corrected chi connectivity index (χ0v) is 30.8. The van der Waals surface area contributed by atoms with Gasteiger partial charge in [0.2, 0.25) is 23.6 Å². The molecular weight excluding hydrogens is 717 g/mol. The lowest BCUT2D eigenvalue weighted by Crippen LogP contribution is -2.36. The largest absolute Gasteiger partial charge is 0.481 e. The number of nitrogens with one attached hydrogen (secondary N) is 4. The normalized spacial score (nSPS) is 16.9. The van der Waals surface area contributed by atoms with Gasteiger partial charge in [-0.25, -0.2) is 4.98 Å². The molecule has 2 fully saturated rings. The molecule has 0 bridgehead atoms. The zero-order valence-electron chi connectivity index (χ0n) is 29.3. The Morgan fingerprint density at radius 3 is 1.98 bits per heavy atom. The van der Waals surface area contributed by atoms with E-state index in [9.17, 15) is 14.4 Å². The third-order valence-corrected chi connectivity index (χ3v) is 10.5. The fourth-order valence-corrected chi connectivity index (χ4v) is 7.55. The van der Waals surface area contributed by atoms with E-state index in [0.717, 1.165) is 46.2 Å². The number of aromatic nitrogens is 3. The number of fused-ring (bicyclic) bond motifs is 1. The van der Waals surface area contributed by atoms with Crippen LogP contribution in [0.1, 0.15) is 36.8 Å². The summed E-state index contributed by atoms with van der Waals surface area (Å²) < 4.78 is 12.7. The first-order valence-electron chi connectivity index (χ1n) is 17.5. The number of halogens is 2. The van der Waals surface area contributed by atoms with Crippen LogP contribution in [-0.4, -0.2) is 65.6 Å². The predicted molar refractivity (Wildman–Crippen MR) is 204 cm³/mol. The van der Waals surface area contributed by atoms with Crippen LogP contribution < -0.4 is 36.3 Å². The fraction of sp³-hybridized carbons (Fsp3) is 0.308. The molecule has 0 radical (unpaired) electrons. The maximum atomic E-state index is 13.6. The Morgan fingerprint density at radius 2 is 1.36 bits per heavy atom. The molecule has 12 nitrogen and oxygen atoms in total. The number of pyridine rings is 2. The first-order valence-corrected chi connectivity index (χ1v) is 18.2. The number of carbonyl (C=O) groups excluding carboxylic acids is 2. The second-order valence-corrected chi connectivity index (χ2v) is 13.9. The minimum Gasteiger partial charge on any atom is -0.481 e. The van der Waals surface area contributed by atoms with Crippen molar-refractivity contribution in [1.29, 1.82) is 0 Å². The molecule has 53 heavy (non-hydrogen) atoms. The number of ether oxygens (including phenoxy) is 2. The van der Waals surface area contributed by atoms with Crippen molar-refractivity contribution in [1.82, 2.24) is 35.6 Å². The van der Waals surface area contributed by atoms with Crippen molar-refractivity contribution in [2.45, 2.75) is 50.9 Å². The molecule has 5 heterocycles. The minimum absolute atomic E-state index is 0.0321. The number of hydrogen-bond donors (Lipinski definition) is 4. The van der Waals surface area contributed by atoms with E-state index >= 15 is 0 Å². The summed E-state index contributed by atoms with van der Waals surface area (Å²) >= 11 is 14.2. The Hall–Kier alpha value is -5.01. The molecule has 14 heteroatoms. The summed E-state index contributed by atoms with van der Waals surface area (Å²) in [6.45, 7) is 1.98. The van der Waals surface area contributed by atoms with Gasteiger partial charge in [0.15, 0.2) is 0 Å². The van der Waals surface area contributed by atoms with Crippen LogP contribution in [-0.2, 0) is 22.7 Å². The zero-order chi connectivity index (χ0) is 37.1. The highest BCUT2D eigenvalue weighted by molar-refractivity contribution is 6.39. The lowest BCUT2D eigenvalue weighted by molar-refractivity contribution is -0.120. The average Bonchev–Trinajstić information content (AvgIpc) is 3.79. The Bertz CT molecular complexity index is 2260. The third-order valence-electron chi connectivity index (χ3n) is 9.65. The lowest BCUT2D eigenvalue weighted by Gasteiger charge is -2.16. The molecule has 274 valence electrons. The Labute approximate surface area is 316 Å². The number of benzene rings is 2. The number of rotatable bonds is 13. The van der Waals surface area contributed by atoms with Crippen LogP contribution in [0.25, 0.3) is 39.2 Å². The van der Waals surface area contributed by atoms with Crippen LogP contribution in [0.15, 0.2) is 71.7 Å². The van der Waals surface area contributed by atoms with Crippen LogP contribution >= 0.6 is 23.2 Å². The molecular formula is C39H39Cl2N7O5. The van der Waals surface area contributed by atoms with Gasteiger partial charge >= 0.3 is 0 Å². The van der Waals surface area contributed by atoms with Gasteiger partial charge in [-0.2, -0.15) is 4.98 Å². The molecule has 5 aromatic rings. The fourth-order valence-electron chi connectivity index (χ4n) is 6.89. The van der Waals surface area contributed by atoms with Gasteiger partial charge in [-0.15, -0.1) is 0 Å². The van der Waals surface area contributed by atoms with Gasteiger partial charge in [0.05, 0.1) is 35.5 Å². The maximum absolute atomic E-state index is 13.6. The molecule has 0 unspecified atom stereocenters. The molecule has 2 aliphatic rings. The van der Waals surface area contributed by atoms with Crippen molar-refractivity contribution in [3.8, 4) is 45.3 Å². The van der Waals surface area contributed by atoms with Crippen molar-refractivity contribution in [2.75, 3.05) is 27.3 Å². The van der Waals surface area contributed by atoms with E-state index in [1.165, 1.54) is 11.5 Å². The highest BCUT2D eigenvalue weighted by Gasteiger charge is 2.23. The first kappa shape index (κ1) is 36.4. The van der Waals surface area contributed by atoms with E-state index in [1.807, 2.05) is 54.6 Å². The monoisotopic (exact) mass is 755 g/mol. The maximum Gasteiger partial charge on any atom is 0.266 e. The van der Waals surface area contributed by atoms with E-state index < -0.39 is 0 Å². The van der Waals surface area contributed by atoms with Crippen molar-refractivity contribution in [3.05, 3.63) is 98.4 Å². The predicted octanol–water partition coefficient (Wildman–Crippen LogP) is 5.15. The summed E-state index contributed by atoms with van der Waals surface area (Å²) in [5, 5.41) is 13.5. The number of nitrogens with zero attached hydrogens (tertiary/aromatic N) is 3. The van der Waals surface area contributed by atoms with Gasteiger partial charge in [0, 0.05) is 85.1 Å². The van der Waals surface area contributed by atoms with Gasteiger partial charge in [0.1, 0.15) is 5.65 Å². The van der Waals surface area contributed by atoms with Crippen molar-refractivity contribution >= 4 is 40.7 Å². The quantitative estimate of drug-likeness (QED) is 0.128. The van der Waals surface area contributed by atoms with Gasteiger partial charge in [-0.3, -0.25) is 18.8 Å². The smallest absolute Gasteiger partial charge is 0.266 e. The third kappa shape index (κ3) is 7.72. The summed E-state index contributed by atoms with van der Waals surface area (Å²) in [5.74, 6) is 0.839. The summed E-state index contributed by atoms with van der Waals surface area (Å²) in [5.41, 5.74) is 5.75. The number of methoxy groups -OCH3 is 2. The molecule has 2 atom stereocenters. The van der Waals surface area contributed by atoms with Crippen molar-refractivity contribution in [2.24, 2.45) is 0 Å². The Kier molecular flexibility index (Phi) is 10.9. The molecule has 2 aromatic carbocycles. The molecule has 0 spiro atoms.